The summed E-state index contributed by atoms with van der Waals surface area (Å²) in [5.41, 5.74) is 7.70. The number of nitrogens with one attached hydrogen (secondary N) is 1. The molecule has 88 valence electrons. The van der Waals surface area contributed by atoms with Crippen LogP contribution in [0, 0.1) is 0 Å². The molecule has 1 atom stereocenters. The van der Waals surface area contributed by atoms with E-state index < -0.39 is 0 Å². The van der Waals surface area contributed by atoms with Gasteiger partial charge in [-0.2, -0.15) is 0 Å². The van der Waals surface area contributed by atoms with Gasteiger partial charge in [0, 0.05) is 17.8 Å². The Hall–Kier alpha value is -2.14. The molecule has 0 aliphatic heterocycles. The van der Waals surface area contributed by atoms with Crippen molar-refractivity contribution in [3.8, 4) is 0 Å². The van der Waals surface area contributed by atoms with E-state index in [1.54, 1.807) is 12.1 Å². The van der Waals surface area contributed by atoms with Gasteiger partial charge in [0.25, 0.3) is 5.91 Å². The molecule has 1 heterocycles. The van der Waals surface area contributed by atoms with Gasteiger partial charge in [0.05, 0.1) is 0 Å². The lowest BCUT2D eigenvalue weighted by Gasteiger charge is -2.07. The molecule has 5 heteroatoms. The van der Waals surface area contributed by atoms with E-state index in [4.69, 9.17) is 5.73 Å². The van der Waals surface area contributed by atoms with Crippen LogP contribution in [0.25, 0.3) is 0 Å². The highest BCUT2D eigenvalue weighted by Crippen LogP contribution is 2.14. The number of nitrogens with zero attached hydrogens (tertiary/aromatic N) is 1. The Balaban J connectivity index is 2.07. The van der Waals surface area contributed by atoms with Crippen molar-refractivity contribution in [2.75, 3.05) is 5.32 Å². The molecule has 3 N–H and O–H groups in total. The van der Waals surface area contributed by atoms with E-state index in [1.807, 2.05) is 19.1 Å². The second-order valence-electron chi connectivity index (χ2n) is 3.75. The van der Waals surface area contributed by atoms with E-state index in [2.05, 4.69) is 15.0 Å². The number of aromatic nitrogens is 1. The molecule has 0 aliphatic rings. The average molecular weight is 231 g/mol. The highest BCUT2D eigenvalue weighted by molar-refractivity contribution is 6.02. The van der Waals surface area contributed by atoms with Crippen LogP contribution in [-0.2, 0) is 0 Å². The van der Waals surface area contributed by atoms with Gasteiger partial charge in [-0.3, -0.25) is 4.79 Å². The van der Waals surface area contributed by atoms with Gasteiger partial charge in [-0.15, -0.1) is 0 Å². The van der Waals surface area contributed by atoms with E-state index in [0.29, 0.717) is 5.69 Å². The number of rotatable bonds is 3. The number of carbonyl (C=O) groups is 1. The van der Waals surface area contributed by atoms with Crippen LogP contribution >= 0.6 is 0 Å². The first-order valence-electron chi connectivity index (χ1n) is 5.24. The maximum atomic E-state index is 11.6. The topological polar surface area (TPSA) is 81.1 Å². The Kier molecular flexibility index (Phi) is 3.20. The van der Waals surface area contributed by atoms with Crippen molar-refractivity contribution in [1.82, 2.24) is 5.16 Å². The summed E-state index contributed by atoms with van der Waals surface area (Å²) < 4.78 is 4.60. The van der Waals surface area contributed by atoms with E-state index in [1.165, 1.54) is 12.3 Å². The lowest BCUT2D eigenvalue weighted by molar-refractivity contribution is 0.101. The molecule has 0 spiro atoms. The number of anilines is 1. The van der Waals surface area contributed by atoms with Crippen LogP contribution in [0.2, 0.25) is 0 Å². The van der Waals surface area contributed by atoms with Gasteiger partial charge in [-0.1, -0.05) is 17.3 Å². The molecule has 5 nitrogen and oxygen atoms in total. The molecule has 1 amide bonds. The summed E-state index contributed by atoms with van der Waals surface area (Å²) in [6.45, 7) is 1.91. The van der Waals surface area contributed by atoms with Crippen molar-refractivity contribution in [3.05, 3.63) is 47.9 Å². The third kappa shape index (κ3) is 2.70. The fourth-order valence-corrected chi connectivity index (χ4v) is 1.39. The summed E-state index contributed by atoms with van der Waals surface area (Å²) in [7, 11) is 0. The Bertz CT molecular complexity index is 489. The largest absolute Gasteiger partial charge is 0.364 e. The molecule has 17 heavy (non-hydrogen) atoms. The molecule has 0 saturated heterocycles. The molecule has 1 unspecified atom stereocenters. The average Bonchev–Trinajstić information content (AvgIpc) is 2.83. The molecule has 2 aromatic rings. The van der Waals surface area contributed by atoms with Crippen LogP contribution < -0.4 is 11.1 Å². The summed E-state index contributed by atoms with van der Waals surface area (Å²) in [6.07, 6.45) is 1.36. The van der Waals surface area contributed by atoms with Gasteiger partial charge in [-0.05, 0) is 24.6 Å². The normalized spacial score (nSPS) is 12.1. The van der Waals surface area contributed by atoms with Gasteiger partial charge in [0.15, 0.2) is 5.69 Å². The van der Waals surface area contributed by atoms with Gasteiger partial charge in [0.1, 0.15) is 6.26 Å². The minimum Gasteiger partial charge on any atom is -0.364 e. The zero-order valence-electron chi connectivity index (χ0n) is 9.38. The van der Waals surface area contributed by atoms with Crippen LogP contribution in [-0.4, -0.2) is 11.1 Å². The second kappa shape index (κ2) is 4.80. The van der Waals surface area contributed by atoms with Crippen LogP contribution in [0.4, 0.5) is 5.69 Å². The van der Waals surface area contributed by atoms with Crippen LogP contribution in [0.5, 0.6) is 0 Å². The maximum absolute atomic E-state index is 11.6. The number of carbonyl (C=O) groups excluding carboxylic acids is 1. The van der Waals surface area contributed by atoms with Crippen LogP contribution in [0.1, 0.15) is 29.0 Å². The molecule has 2 rings (SSSR count). The summed E-state index contributed by atoms with van der Waals surface area (Å²) in [5.74, 6) is -0.299. The molecule has 0 aliphatic carbocycles. The van der Waals surface area contributed by atoms with E-state index >= 15 is 0 Å². The van der Waals surface area contributed by atoms with E-state index in [-0.39, 0.29) is 17.6 Å². The van der Waals surface area contributed by atoms with E-state index in [9.17, 15) is 4.79 Å². The predicted octanol–water partition coefficient (Wildman–Crippen LogP) is 1.95. The Labute approximate surface area is 98.6 Å². The monoisotopic (exact) mass is 231 g/mol. The summed E-state index contributed by atoms with van der Waals surface area (Å²) in [4.78, 5) is 11.6. The van der Waals surface area contributed by atoms with Crippen molar-refractivity contribution < 1.29 is 9.32 Å². The van der Waals surface area contributed by atoms with Crippen LogP contribution in [0.15, 0.2) is 41.1 Å². The summed E-state index contributed by atoms with van der Waals surface area (Å²) in [6, 6.07) is 8.85. The van der Waals surface area contributed by atoms with Gasteiger partial charge < -0.3 is 15.6 Å². The maximum Gasteiger partial charge on any atom is 0.277 e. The van der Waals surface area contributed by atoms with Crippen molar-refractivity contribution in [1.29, 1.82) is 0 Å². The predicted molar refractivity (Wildman–Crippen MR) is 63.5 cm³/mol. The third-order valence-electron chi connectivity index (χ3n) is 2.36. The molecular weight excluding hydrogens is 218 g/mol. The summed E-state index contributed by atoms with van der Waals surface area (Å²) in [5, 5.41) is 6.26. The lowest BCUT2D eigenvalue weighted by atomic mass is 10.1. The number of hydrogen-bond donors (Lipinski definition) is 2. The van der Waals surface area contributed by atoms with Gasteiger partial charge >= 0.3 is 0 Å². The molecule has 0 radical (unpaired) electrons. The highest BCUT2D eigenvalue weighted by atomic mass is 16.5. The Morgan fingerprint density at radius 1 is 1.35 bits per heavy atom. The number of amides is 1. The van der Waals surface area contributed by atoms with Gasteiger partial charge in [0.2, 0.25) is 0 Å². The first-order chi connectivity index (χ1) is 8.16. The summed E-state index contributed by atoms with van der Waals surface area (Å²) >= 11 is 0. The number of nitrogens with two attached hydrogens (primary N) is 1. The molecule has 1 aromatic carbocycles. The van der Waals surface area contributed by atoms with Crippen LogP contribution in [0.3, 0.4) is 0 Å². The van der Waals surface area contributed by atoms with Crippen molar-refractivity contribution in [2.24, 2.45) is 5.73 Å². The molecule has 1 aromatic heterocycles. The van der Waals surface area contributed by atoms with E-state index in [0.717, 1.165) is 5.56 Å². The third-order valence-corrected chi connectivity index (χ3v) is 2.36. The smallest absolute Gasteiger partial charge is 0.277 e. The standard InChI is InChI=1S/C12H13N3O2/c1-8(13)9-2-4-10(5-3-9)14-12(16)11-6-7-17-15-11/h2-8H,13H2,1H3,(H,14,16). The number of benzene rings is 1. The Morgan fingerprint density at radius 3 is 2.59 bits per heavy atom. The molecule has 0 fully saturated rings. The Morgan fingerprint density at radius 2 is 2.06 bits per heavy atom. The molecular formula is C12H13N3O2. The highest BCUT2D eigenvalue weighted by Gasteiger charge is 2.09. The molecule has 0 bridgehead atoms. The first kappa shape index (κ1) is 11.3. The van der Waals surface area contributed by atoms with Gasteiger partial charge in [-0.25, -0.2) is 0 Å². The SMILES string of the molecule is CC(N)c1ccc(NC(=O)c2ccon2)cc1. The quantitative estimate of drug-likeness (QED) is 0.845. The fraction of sp³-hybridized carbons (Fsp3) is 0.167. The number of hydrogen-bond acceptors (Lipinski definition) is 4. The second-order valence-corrected chi connectivity index (χ2v) is 3.75. The minimum absolute atomic E-state index is 0.0182. The zero-order chi connectivity index (χ0) is 12.3. The van der Waals surface area contributed by atoms with Crippen molar-refractivity contribution in [3.63, 3.8) is 0 Å². The minimum atomic E-state index is -0.299. The van der Waals surface area contributed by atoms with Crippen molar-refractivity contribution >= 4 is 11.6 Å². The first-order valence-corrected chi connectivity index (χ1v) is 5.24. The lowest BCUT2D eigenvalue weighted by Crippen LogP contribution is -2.12. The zero-order valence-corrected chi connectivity index (χ0v) is 9.38. The molecule has 0 saturated carbocycles. The van der Waals surface area contributed by atoms with Crippen molar-refractivity contribution in [2.45, 2.75) is 13.0 Å². The fourth-order valence-electron chi connectivity index (χ4n) is 1.39.